The van der Waals surface area contributed by atoms with Crippen LogP contribution in [0.4, 0.5) is 5.69 Å². The molecule has 3 aromatic rings. The number of hydrogen-bond donors (Lipinski definition) is 1. The Labute approximate surface area is 134 Å². The standard InChI is InChI=1S/C15H12BrClN2S/c1-9-6-10(7-19-15(9)16)18-8-13-14(17)11-4-2-3-5-12(11)20-13/h2-7,18H,8H2,1H3. The van der Waals surface area contributed by atoms with Gasteiger partial charge in [-0.05, 0) is 40.5 Å². The summed E-state index contributed by atoms with van der Waals surface area (Å²) in [5.41, 5.74) is 2.11. The Morgan fingerprint density at radius 2 is 2.15 bits per heavy atom. The average Bonchev–Trinajstić information content (AvgIpc) is 2.77. The highest BCUT2D eigenvalue weighted by atomic mass is 79.9. The van der Waals surface area contributed by atoms with Crippen LogP contribution in [0.25, 0.3) is 10.1 Å². The van der Waals surface area contributed by atoms with Gasteiger partial charge >= 0.3 is 0 Å². The molecule has 2 aromatic heterocycles. The minimum atomic E-state index is 0.709. The van der Waals surface area contributed by atoms with Crippen LogP contribution >= 0.6 is 38.9 Å². The zero-order chi connectivity index (χ0) is 14.1. The summed E-state index contributed by atoms with van der Waals surface area (Å²) in [5, 5.41) is 5.35. The molecule has 0 amide bonds. The van der Waals surface area contributed by atoms with E-state index >= 15 is 0 Å². The molecule has 0 saturated heterocycles. The molecule has 0 radical (unpaired) electrons. The highest BCUT2D eigenvalue weighted by molar-refractivity contribution is 9.10. The van der Waals surface area contributed by atoms with Crippen molar-refractivity contribution in [3.63, 3.8) is 0 Å². The van der Waals surface area contributed by atoms with Crippen LogP contribution in [-0.2, 0) is 6.54 Å². The van der Waals surface area contributed by atoms with Crippen molar-refractivity contribution >= 4 is 54.6 Å². The Balaban J connectivity index is 1.83. The zero-order valence-corrected chi connectivity index (χ0v) is 13.9. The second-order valence-electron chi connectivity index (χ2n) is 4.52. The SMILES string of the molecule is Cc1cc(NCc2sc3ccccc3c2Cl)cnc1Br. The summed E-state index contributed by atoms with van der Waals surface area (Å²) in [6.07, 6.45) is 1.82. The molecule has 3 rings (SSSR count). The molecular weight excluding hydrogens is 356 g/mol. The minimum Gasteiger partial charge on any atom is -0.379 e. The van der Waals surface area contributed by atoms with E-state index < -0.39 is 0 Å². The van der Waals surface area contributed by atoms with E-state index in [9.17, 15) is 0 Å². The van der Waals surface area contributed by atoms with Crippen LogP contribution in [0.1, 0.15) is 10.4 Å². The molecule has 0 spiro atoms. The van der Waals surface area contributed by atoms with Gasteiger partial charge in [0.2, 0.25) is 0 Å². The van der Waals surface area contributed by atoms with Crippen LogP contribution in [0.2, 0.25) is 5.02 Å². The molecule has 1 N–H and O–H groups in total. The molecule has 102 valence electrons. The Kier molecular flexibility index (Phi) is 3.96. The third-order valence-corrected chi connectivity index (χ3v) is 5.61. The van der Waals surface area contributed by atoms with Gasteiger partial charge in [0.1, 0.15) is 4.60 Å². The maximum atomic E-state index is 6.43. The first-order chi connectivity index (χ1) is 9.65. The number of aryl methyl sites for hydroxylation is 1. The van der Waals surface area contributed by atoms with Crippen LogP contribution in [0, 0.1) is 6.92 Å². The van der Waals surface area contributed by atoms with Gasteiger partial charge in [-0.3, -0.25) is 0 Å². The van der Waals surface area contributed by atoms with Gasteiger partial charge < -0.3 is 5.32 Å². The number of pyridine rings is 1. The third kappa shape index (κ3) is 2.68. The summed E-state index contributed by atoms with van der Waals surface area (Å²) in [6, 6.07) is 10.3. The highest BCUT2D eigenvalue weighted by Crippen LogP contribution is 2.35. The number of fused-ring (bicyclic) bond motifs is 1. The maximum absolute atomic E-state index is 6.43. The second-order valence-corrected chi connectivity index (χ2v) is 6.79. The molecule has 0 unspecified atom stereocenters. The maximum Gasteiger partial charge on any atom is 0.109 e. The lowest BCUT2D eigenvalue weighted by atomic mass is 10.2. The molecule has 0 aliphatic heterocycles. The van der Waals surface area contributed by atoms with E-state index in [2.05, 4.69) is 44.4 Å². The van der Waals surface area contributed by atoms with Crippen molar-refractivity contribution in [2.24, 2.45) is 0 Å². The lowest BCUT2D eigenvalue weighted by Gasteiger charge is -2.06. The number of anilines is 1. The summed E-state index contributed by atoms with van der Waals surface area (Å²) < 4.78 is 2.10. The van der Waals surface area contributed by atoms with Crippen LogP contribution in [0.5, 0.6) is 0 Å². The average molecular weight is 368 g/mol. The monoisotopic (exact) mass is 366 g/mol. The van der Waals surface area contributed by atoms with Crippen molar-refractivity contribution in [1.82, 2.24) is 4.98 Å². The number of halogens is 2. The Morgan fingerprint density at radius 3 is 2.90 bits per heavy atom. The van der Waals surface area contributed by atoms with Gasteiger partial charge in [-0.2, -0.15) is 0 Å². The first-order valence-electron chi connectivity index (χ1n) is 6.17. The normalized spacial score (nSPS) is 10.9. The number of rotatable bonds is 3. The molecule has 0 aliphatic carbocycles. The summed E-state index contributed by atoms with van der Waals surface area (Å²) >= 11 is 11.6. The van der Waals surface area contributed by atoms with Gasteiger partial charge in [0, 0.05) is 15.0 Å². The number of benzene rings is 1. The number of hydrogen-bond acceptors (Lipinski definition) is 3. The Morgan fingerprint density at radius 1 is 1.35 bits per heavy atom. The Hall–Kier alpha value is -1.10. The van der Waals surface area contributed by atoms with Gasteiger partial charge in [0.15, 0.2) is 0 Å². The predicted octanol–water partition coefficient (Wildman–Crippen LogP) is 5.63. The quantitative estimate of drug-likeness (QED) is 0.607. The summed E-state index contributed by atoms with van der Waals surface area (Å²) in [4.78, 5) is 5.43. The molecule has 2 heterocycles. The summed E-state index contributed by atoms with van der Waals surface area (Å²) in [7, 11) is 0. The fraction of sp³-hybridized carbons (Fsp3) is 0.133. The van der Waals surface area contributed by atoms with E-state index in [-0.39, 0.29) is 0 Å². The van der Waals surface area contributed by atoms with Gasteiger partial charge in [-0.15, -0.1) is 11.3 Å². The highest BCUT2D eigenvalue weighted by Gasteiger charge is 2.09. The first kappa shape index (κ1) is 13.9. The summed E-state index contributed by atoms with van der Waals surface area (Å²) in [5.74, 6) is 0. The second kappa shape index (κ2) is 5.72. The van der Waals surface area contributed by atoms with Crippen LogP contribution in [-0.4, -0.2) is 4.98 Å². The number of nitrogens with one attached hydrogen (secondary N) is 1. The van der Waals surface area contributed by atoms with Crippen molar-refractivity contribution < 1.29 is 0 Å². The van der Waals surface area contributed by atoms with E-state index in [1.807, 2.05) is 25.3 Å². The third-order valence-electron chi connectivity index (χ3n) is 3.07. The molecule has 0 saturated carbocycles. The molecule has 0 atom stereocenters. The molecule has 20 heavy (non-hydrogen) atoms. The number of thiophene rings is 1. The van der Waals surface area contributed by atoms with Crippen molar-refractivity contribution in [3.05, 3.63) is 56.6 Å². The minimum absolute atomic E-state index is 0.709. The molecule has 2 nitrogen and oxygen atoms in total. The van der Waals surface area contributed by atoms with Gasteiger partial charge in [-0.1, -0.05) is 29.8 Å². The number of aromatic nitrogens is 1. The van der Waals surface area contributed by atoms with E-state index in [0.717, 1.165) is 31.1 Å². The topological polar surface area (TPSA) is 24.9 Å². The molecule has 1 aromatic carbocycles. The van der Waals surface area contributed by atoms with Crippen molar-refractivity contribution in [2.75, 3.05) is 5.32 Å². The van der Waals surface area contributed by atoms with Crippen LogP contribution < -0.4 is 5.32 Å². The van der Waals surface area contributed by atoms with Crippen molar-refractivity contribution in [3.8, 4) is 0 Å². The van der Waals surface area contributed by atoms with E-state index in [1.54, 1.807) is 11.3 Å². The summed E-state index contributed by atoms with van der Waals surface area (Å²) in [6.45, 7) is 2.73. The van der Waals surface area contributed by atoms with Crippen LogP contribution in [0.15, 0.2) is 41.1 Å². The molecule has 0 aliphatic rings. The van der Waals surface area contributed by atoms with E-state index in [4.69, 9.17) is 11.6 Å². The van der Waals surface area contributed by atoms with Gasteiger partial charge in [-0.25, -0.2) is 4.98 Å². The molecule has 5 heteroatoms. The zero-order valence-electron chi connectivity index (χ0n) is 10.8. The molecular formula is C15H12BrClN2S. The van der Waals surface area contributed by atoms with Gasteiger partial charge in [0.25, 0.3) is 0 Å². The fourth-order valence-corrected chi connectivity index (χ4v) is 3.67. The van der Waals surface area contributed by atoms with Crippen molar-refractivity contribution in [1.29, 1.82) is 0 Å². The predicted molar refractivity (Wildman–Crippen MR) is 90.8 cm³/mol. The van der Waals surface area contributed by atoms with Crippen molar-refractivity contribution in [2.45, 2.75) is 13.5 Å². The Bertz CT molecular complexity index is 770. The number of nitrogens with zero attached hydrogens (tertiary/aromatic N) is 1. The molecule has 0 bridgehead atoms. The molecule has 0 fully saturated rings. The fourth-order valence-electron chi connectivity index (χ4n) is 2.02. The van der Waals surface area contributed by atoms with E-state index in [0.29, 0.717) is 6.54 Å². The van der Waals surface area contributed by atoms with Gasteiger partial charge in [0.05, 0.1) is 23.5 Å². The lowest BCUT2D eigenvalue weighted by Crippen LogP contribution is -1.99. The smallest absolute Gasteiger partial charge is 0.109 e. The largest absolute Gasteiger partial charge is 0.379 e. The lowest BCUT2D eigenvalue weighted by molar-refractivity contribution is 1.15. The van der Waals surface area contributed by atoms with Crippen LogP contribution in [0.3, 0.4) is 0 Å². The first-order valence-corrected chi connectivity index (χ1v) is 8.16. The van der Waals surface area contributed by atoms with E-state index in [1.165, 1.54) is 4.70 Å².